The van der Waals surface area contributed by atoms with Gasteiger partial charge in [0.1, 0.15) is 0 Å². The van der Waals surface area contributed by atoms with Crippen LogP contribution in [0.3, 0.4) is 0 Å². The molecule has 5 nitrogen and oxygen atoms in total. The molecule has 0 unspecified atom stereocenters. The molecule has 2 saturated heterocycles. The number of alkyl halides is 2. The van der Waals surface area contributed by atoms with E-state index in [9.17, 15) is 13.6 Å². The van der Waals surface area contributed by atoms with Gasteiger partial charge in [-0.3, -0.25) is 9.69 Å². The van der Waals surface area contributed by atoms with Crippen LogP contribution >= 0.6 is 0 Å². The van der Waals surface area contributed by atoms with Crippen molar-refractivity contribution in [3.63, 3.8) is 0 Å². The van der Waals surface area contributed by atoms with E-state index in [-0.39, 0.29) is 23.6 Å². The summed E-state index contributed by atoms with van der Waals surface area (Å²) >= 11 is 0. The maximum absolute atomic E-state index is 12.9. The third-order valence-corrected chi connectivity index (χ3v) is 5.34. The summed E-state index contributed by atoms with van der Waals surface area (Å²) in [5.41, 5.74) is 2.19. The van der Waals surface area contributed by atoms with E-state index >= 15 is 0 Å². The van der Waals surface area contributed by atoms with Crippen LogP contribution in [0.15, 0.2) is 36.5 Å². The zero-order valence-corrected chi connectivity index (χ0v) is 14.5. The molecule has 3 heterocycles. The molecule has 0 saturated carbocycles. The number of hydrogen-bond acceptors (Lipinski definition) is 4. The van der Waals surface area contributed by atoms with Crippen LogP contribution in [0.4, 0.5) is 8.78 Å². The number of likely N-dealkylation sites (tertiary alicyclic amines) is 2. The lowest BCUT2D eigenvalue weighted by Crippen LogP contribution is -2.48. The Bertz CT molecular complexity index is 829. The quantitative estimate of drug-likeness (QED) is 0.843. The fraction of sp³-hybridized carbons (Fsp3) is 0.421. The maximum atomic E-state index is 12.9. The van der Waals surface area contributed by atoms with Crippen LogP contribution in [0.1, 0.15) is 40.0 Å². The molecule has 2 aliphatic heterocycles. The summed E-state index contributed by atoms with van der Waals surface area (Å²) in [5.74, 6) is 0.00393. The van der Waals surface area contributed by atoms with Gasteiger partial charge in [-0.15, -0.1) is 0 Å². The van der Waals surface area contributed by atoms with Crippen molar-refractivity contribution in [1.82, 2.24) is 20.0 Å². The molecule has 26 heavy (non-hydrogen) atoms. The highest BCUT2D eigenvalue weighted by Gasteiger charge is 2.45. The van der Waals surface area contributed by atoms with Gasteiger partial charge in [-0.05, 0) is 31.0 Å². The summed E-state index contributed by atoms with van der Waals surface area (Å²) in [6.07, 6.45) is 0.0182. The van der Waals surface area contributed by atoms with Gasteiger partial charge < -0.3 is 4.90 Å². The van der Waals surface area contributed by atoms with Gasteiger partial charge in [-0.1, -0.05) is 18.2 Å². The van der Waals surface area contributed by atoms with E-state index in [1.165, 1.54) is 12.3 Å². The Morgan fingerprint density at radius 3 is 2.81 bits per heavy atom. The van der Waals surface area contributed by atoms with E-state index in [0.717, 1.165) is 18.5 Å². The molecule has 4 rings (SSSR count). The molecule has 136 valence electrons. The van der Waals surface area contributed by atoms with Crippen LogP contribution in [0.25, 0.3) is 0 Å². The molecule has 0 N–H and O–H groups in total. The SMILES string of the molecule is Cc1nnccc1C(=O)N1C[C@@H]2C[C@H]1CN2Cc1cccc(C(F)F)c1. The molecule has 0 spiro atoms. The second-order valence-electron chi connectivity index (χ2n) is 7.01. The zero-order valence-electron chi connectivity index (χ0n) is 14.5. The molecule has 2 fully saturated rings. The number of benzene rings is 1. The van der Waals surface area contributed by atoms with E-state index in [2.05, 4.69) is 15.1 Å². The Balaban J connectivity index is 1.43. The Morgan fingerprint density at radius 2 is 2.12 bits per heavy atom. The Labute approximate surface area is 150 Å². The average Bonchev–Trinajstić information content (AvgIpc) is 3.22. The number of rotatable bonds is 4. The van der Waals surface area contributed by atoms with Crippen LogP contribution in [0, 0.1) is 6.92 Å². The number of hydrogen-bond donors (Lipinski definition) is 0. The van der Waals surface area contributed by atoms with E-state index in [4.69, 9.17) is 0 Å². The molecule has 7 heteroatoms. The molecular formula is C19H20F2N4O. The van der Waals surface area contributed by atoms with Gasteiger partial charge in [0.05, 0.1) is 17.5 Å². The number of aryl methyl sites for hydroxylation is 1. The van der Waals surface area contributed by atoms with E-state index in [0.29, 0.717) is 24.3 Å². The van der Waals surface area contributed by atoms with Gasteiger partial charge in [0, 0.05) is 37.3 Å². The van der Waals surface area contributed by atoms with Crippen LogP contribution in [0.5, 0.6) is 0 Å². The standard InChI is InChI=1S/C19H20F2N4O/c1-12-17(5-6-22-23-12)19(26)25-11-15-8-16(25)10-24(15)9-13-3-2-4-14(7-13)18(20)21/h2-7,15-16,18H,8-11H2,1H3/t15-,16-/m0/s1. The lowest BCUT2D eigenvalue weighted by Gasteiger charge is -2.34. The predicted molar refractivity (Wildman–Crippen MR) is 91.8 cm³/mol. The van der Waals surface area contributed by atoms with E-state index < -0.39 is 6.43 Å². The van der Waals surface area contributed by atoms with Gasteiger partial charge in [0.15, 0.2) is 0 Å². The second-order valence-corrected chi connectivity index (χ2v) is 7.01. The first-order valence-electron chi connectivity index (χ1n) is 8.73. The Morgan fingerprint density at radius 1 is 1.27 bits per heavy atom. The minimum Gasteiger partial charge on any atom is -0.333 e. The molecule has 2 atom stereocenters. The number of fused-ring (bicyclic) bond motifs is 2. The molecule has 0 radical (unpaired) electrons. The van der Waals surface area contributed by atoms with Crippen LogP contribution in [-0.4, -0.2) is 51.1 Å². The van der Waals surface area contributed by atoms with Gasteiger partial charge >= 0.3 is 0 Å². The van der Waals surface area contributed by atoms with Crippen molar-refractivity contribution < 1.29 is 13.6 Å². The molecule has 2 aromatic rings. The first-order chi connectivity index (χ1) is 12.5. The number of piperazine rings is 1. The molecule has 1 amide bonds. The number of aromatic nitrogens is 2. The van der Waals surface area contributed by atoms with Crippen LogP contribution in [0.2, 0.25) is 0 Å². The van der Waals surface area contributed by atoms with Crippen molar-refractivity contribution in [2.75, 3.05) is 13.1 Å². The summed E-state index contributed by atoms with van der Waals surface area (Å²) in [7, 11) is 0. The lowest BCUT2D eigenvalue weighted by atomic mass is 10.1. The summed E-state index contributed by atoms with van der Waals surface area (Å²) in [6.45, 7) is 3.86. The average molecular weight is 358 g/mol. The van der Waals surface area contributed by atoms with Crippen molar-refractivity contribution in [1.29, 1.82) is 0 Å². The highest BCUT2D eigenvalue weighted by molar-refractivity contribution is 5.95. The molecular weight excluding hydrogens is 338 g/mol. The fourth-order valence-corrected chi connectivity index (χ4v) is 4.04. The van der Waals surface area contributed by atoms with Gasteiger partial charge in [0.2, 0.25) is 0 Å². The van der Waals surface area contributed by atoms with Crippen molar-refractivity contribution in [2.24, 2.45) is 0 Å². The fourth-order valence-electron chi connectivity index (χ4n) is 4.04. The third-order valence-electron chi connectivity index (χ3n) is 5.34. The normalized spacial score (nSPS) is 22.4. The van der Waals surface area contributed by atoms with Crippen LogP contribution in [-0.2, 0) is 6.54 Å². The van der Waals surface area contributed by atoms with Crippen molar-refractivity contribution in [2.45, 2.75) is 38.4 Å². The number of carbonyl (C=O) groups excluding carboxylic acids is 1. The van der Waals surface area contributed by atoms with E-state index in [1.807, 2.05) is 11.0 Å². The van der Waals surface area contributed by atoms with E-state index in [1.54, 1.807) is 25.1 Å². The summed E-state index contributed by atoms with van der Waals surface area (Å²) in [4.78, 5) is 17.0. The summed E-state index contributed by atoms with van der Waals surface area (Å²) < 4.78 is 25.8. The van der Waals surface area contributed by atoms with Crippen molar-refractivity contribution in [3.8, 4) is 0 Å². The largest absolute Gasteiger partial charge is 0.333 e. The number of amides is 1. The zero-order chi connectivity index (χ0) is 18.3. The molecule has 2 bridgehead atoms. The Hall–Kier alpha value is -2.41. The highest BCUT2D eigenvalue weighted by Crippen LogP contribution is 2.33. The van der Waals surface area contributed by atoms with Crippen LogP contribution < -0.4 is 0 Å². The molecule has 1 aromatic heterocycles. The van der Waals surface area contributed by atoms with Gasteiger partial charge in [-0.25, -0.2) is 8.78 Å². The third kappa shape index (κ3) is 3.07. The first-order valence-corrected chi connectivity index (χ1v) is 8.73. The smallest absolute Gasteiger partial charge is 0.263 e. The summed E-state index contributed by atoms with van der Waals surface area (Å²) in [5, 5.41) is 7.76. The van der Waals surface area contributed by atoms with Gasteiger partial charge in [-0.2, -0.15) is 10.2 Å². The topological polar surface area (TPSA) is 49.3 Å². The maximum Gasteiger partial charge on any atom is 0.263 e. The van der Waals surface area contributed by atoms with Crippen molar-refractivity contribution >= 4 is 5.91 Å². The highest BCUT2D eigenvalue weighted by atomic mass is 19.3. The number of carbonyl (C=O) groups is 1. The molecule has 1 aromatic carbocycles. The summed E-state index contributed by atoms with van der Waals surface area (Å²) in [6, 6.07) is 8.74. The number of nitrogens with zero attached hydrogens (tertiary/aromatic N) is 4. The Kier molecular flexibility index (Phi) is 4.40. The molecule has 0 aliphatic carbocycles. The second kappa shape index (κ2) is 6.72. The minimum atomic E-state index is -2.45. The molecule has 2 aliphatic rings. The lowest BCUT2D eigenvalue weighted by molar-refractivity contribution is 0.0614. The number of halogens is 2. The minimum absolute atomic E-state index is 0.00393. The van der Waals surface area contributed by atoms with Gasteiger partial charge in [0.25, 0.3) is 12.3 Å². The monoisotopic (exact) mass is 358 g/mol. The predicted octanol–water partition coefficient (Wildman–Crippen LogP) is 2.82. The first kappa shape index (κ1) is 17.0. The van der Waals surface area contributed by atoms with Crippen molar-refractivity contribution in [3.05, 3.63) is 58.9 Å².